The molecule has 3 aromatic rings. The predicted octanol–water partition coefficient (Wildman–Crippen LogP) is 5.68. The van der Waals surface area contributed by atoms with Crippen LogP contribution in [0.4, 0.5) is 0 Å². The van der Waals surface area contributed by atoms with Crippen molar-refractivity contribution < 1.29 is 4.79 Å². The summed E-state index contributed by atoms with van der Waals surface area (Å²) in [6.45, 7) is 2.02. The highest BCUT2D eigenvalue weighted by atomic mass is 32.2. The number of carbonyl (C=O) groups is 1. The number of amides is 1. The number of hydrogen-bond donors (Lipinski definition) is 1. The summed E-state index contributed by atoms with van der Waals surface area (Å²) >= 11 is 1.83. The lowest BCUT2D eigenvalue weighted by atomic mass is 9.94. The Hall–Kier alpha value is -3.03. The molecule has 1 aliphatic heterocycles. The number of thioether (sulfide) groups is 1. The summed E-state index contributed by atoms with van der Waals surface area (Å²) in [6.07, 6.45) is 0.869. The average Bonchev–Trinajstić information content (AvgIpc) is 2.78. The normalized spacial score (nSPS) is 16.3. The van der Waals surface area contributed by atoms with E-state index in [0.29, 0.717) is 5.56 Å². The van der Waals surface area contributed by atoms with Gasteiger partial charge in [0.1, 0.15) is 0 Å². The van der Waals surface area contributed by atoms with Gasteiger partial charge in [0.2, 0.25) is 5.91 Å². The number of nitrogens with zero attached hydrogens (tertiary/aromatic N) is 1. The van der Waals surface area contributed by atoms with Crippen molar-refractivity contribution in [2.75, 3.05) is 5.75 Å². The van der Waals surface area contributed by atoms with E-state index in [-0.39, 0.29) is 17.9 Å². The molecule has 3 nitrogen and oxygen atoms in total. The molecule has 4 heteroatoms. The monoisotopic (exact) mass is 398 g/mol. The molecule has 1 aliphatic rings. The van der Waals surface area contributed by atoms with Gasteiger partial charge in [-0.25, -0.2) is 0 Å². The van der Waals surface area contributed by atoms with Crippen LogP contribution in [-0.4, -0.2) is 11.7 Å². The molecule has 0 saturated carbocycles. The number of nitrogens with one attached hydrogen (secondary N) is 1. The molecule has 0 radical (unpaired) electrons. The van der Waals surface area contributed by atoms with Crippen LogP contribution in [0.15, 0.2) is 77.7 Å². The van der Waals surface area contributed by atoms with Crippen LogP contribution in [0.3, 0.4) is 0 Å². The van der Waals surface area contributed by atoms with Crippen molar-refractivity contribution in [1.82, 2.24) is 5.32 Å². The minimum absolute atomic E-state index is 0.0660. The van der Waals surface area contributed by atoms with Crippen molar-refractivity contribution in [2.45, 2.75) is 30.2 Å². The van der Waals surface area contributed by atoms with Crippen LogP contribution in [0.25, 0.3) is 11.1 Å². The molecule has 1 amide bonds. The minimum Gasteiger partial charge on any atom is -0.349 e. The van der Waals surface area contributed by atoms with Gasteiger partial charge in [0, 0.05) is 4.90 Å². The average molecular weight is 399 g/mol. The highest BCUT2D eigenvalue weighted by molar-refractivity contribution is 7.99. The van der Waals surface area contributed by atoms with Gasteiger partial charge in [-0.1, -0.05) is 54.6 Å². The van der Waals surface area contributed by atoms with Crippen molar-refractivity contribution in [3.8, 4) is 17.2 Å². The summed E-state index contributed by atoms with van der Waals surface area (Å²) in [5.74, 6) is 0.985. The van der Waals surface area contributed by atoms with Gasteiger partial charge in [0.25, 0.3) is 0 Å². The maximum atomic E-state index is 13.0. The largest absolute Gasteiger partial charge is 0.349 e. The quantitative estimate of drug-likeness (QED) is 0.615. The van der Waals surface area contributed by atoms with Gasteiger partial charge in [-0.2, -0.15) is 5.26 Å². The molecule has 2 unspecified atom stereocenters. The van der Waals surface area contributed by atoms with Crippen molar-refractivity contribution in [1.29, 1.82) is 5.26 Å². The third kappa shape index (κ3) is 4.21. The molecule has 1 heterocycles. The van der Waals surface area contributed by atoms with Gasteiger partial charge in [-0.05, 0) is 59.6 Å². The molecule has 0 aliphatic carbocycles. The maximum absolute atomic E-state index is 13.0. The van der Waals surface area contributed by atoms with E-state index in [1.54, 1.807) is 6.07 Å². The first-order chi connectivity index (χ1) is 14.2. The van der Waals surface area contributed by atoms with E-state index in [1.165, 1.54) is 4.90 Å². The van der Waals surface area contributed by atoms with Crippen molar-refractivity contribution in [3.05, 3.63) is 89.5 Å². The summed E-state index contributed by atoms with van der Waals surface area (Å²) in [7, 11) is 0. The highest BCUT2D eigenvalue weighted by Gasteiger charge is 2.27. The van der Waals surface area contributed by atoms with Gasteiger partial charge < -0.3 is 5.32 Å². The fraction of sp³-hybridized carbons (Fsp3) is 0.200. The first-order valence-corrected chi connectivity index (χ1v) is 10.8. The summed E-state index contributed by atoms with van der Waals surface area (Å²) in [4.78, 5) is 14.2. The number of nitriles is 1. The van der Waals surface area contributed by atoms with E-state index in [9.17, 15) is 4.79 Å². The van der Waals surface area contributed by atoms with Crippen molar-refractivity contribution in [3.63, 3.8) is 0 Å². The molecular weight excluding hydrogens is 376 g/mol. The van der Waals surface area contributed by atoms with Gasteiger partial charge >= 0.3 is 0 Å². The molecule has 3 aromatic carbocycles. The smallest absolute Gasteiger partial charge is 0.228 e. The summed E-state index contributed by atoms with van der Waals surface area (Å²) < 4.78 is 0. The van der Waals surface area contributed by atoms with Crippen LogP contribution >= 0.6 is 11.8 Å². The topological polar surface area (TPSA) is 52.9 Å². The Bertz CT molecular complexity index is 1070. The van der Waals surface area contributed by atoms with E-state index in [1.807, 2.05) is 73.3 Å². The molecule has 0 fully saturated rings. The lowest BCUT2D eigenvalue weighted by molar-refractivity contribution is -0.123. The Kier molecular flexibility index (Phi) is 5.69. The summed E-state index contributed by atoms with van der Waals surface area (Å²) in [6, 6.07) is 26.1. The lowest BCUT2D eigenvalue weighted by Crippen LogP contribution is -2.33. The molecular formula is C25H22N2OS. The summed E-state index contributed by atoms with van der Waals surface area (Å²) in [5, 5.41) is 12.3. The Balaban J connectivity index is 1.47. The molecule has 29 heavy (non-hydrogen) atoms. The second kappa shape index (κ2) is 8.55. The third-order valence-corrected chi connectivity index (χ3v) is 6.49. The highest BCUT2D eigenvalue weighted by Crippen LogP contribution is 2.37. The zero-order chi connectivity index (χ0) is 20.2. The second-order valence-corrected chi connectivity index (χ2v) is 8.41. The van der Waals surface area contributed by atoms with E-state index < -0.39 is 0 Å². The maximum Gasteiger partial charge on any atom is 0.228 e. The van der Waals surface area contributed by atoms with Gasteiger partial charge in [-0.15, -0.1) is 11.8 Å². The van der Waals surface area contributed by atoms with Crippen LogP contribution < -0.4 is 5.32 Å². The van der Waals surface area contributed by atoms with E-state index >= 15 is 0 Å². The molecule has 1 N–H and O–H groups in total. The Morgan fingerprint density at radius 3 is 2.66 bits per heavy atom. The zero-order valence-electron chi connectivity index (χ0n) is 16.3. The van der Waals surface area contributed by atoms with Crippen LogP contribution in [0.2, 0.25) is 0 Å². The Morgan fingerprint density at radius 2 is 1.86 bits per heavy atom. The van der Waals surface area contributed by atoms with Crippen LogP contribution in [0, 0.1) is 11.3 Å². The number of benzene rings is 3. The molecule has 0 spiro atoms. The van der Waals surface area contributed by atoms with E-state index in [0.717, 1.165) is 34.4 Å². The molecule has 0 bridgehead atoms. The van der Waals surface area contributed by atoms with Crippen molar-refractivity contribution >= 4 is 17.7 Å². The first kappa shape index (κ1) is 19.3. The van der Waals surface area contributed by atoms with E-state index in [2.05, 4.69) is 23.5 Å². The number of hydrogen-bond acceptors (Lipinski definition) is 3. The van der Waals surface area contributed by atoms with E-state index in [4.69, 9.17) is 5.26 Å². The number of rotatable bonds is 4. The molecule has 0 saturated heterocycles. The molecule has 4 rings (SSSR count). The minimum atomic E-state index is -0.0807. The number of carbonyl (C=O) groups excluding carboxylic acids is 1. The fourth-order valence-corrected chi connectivity index (χ4v) is 4.87. The molecule has 0 aromatic heterocycles. The van der Waals surface area contributed by atoms with Crippen molar-refractivity contribution in [2.24, 2.45) is 0 Å². The Labute approximate surface area is 175 Å². The van der Waals surface area contributed by atoms with Gasteiger partial charge in [0.15, 0.2) is 0 Å². The SMILES string of the molecule is CC(NC(=O)C1CCSc2ccccc21)c1ccc(-c2cccc(C#N)c2)cc1. The van der Waals surface area contributed by atoms with Crippen LogP contribution in [0.5, 0.6) is 0 Å². The number of fused-ring (bicyclic) bond motifs is 1. The predicted molar refractivity (Wildman–Crippen MR) is 118 cm³/mol. The second-order valence-electron chi connectivity index (χ2n) is 7.27. The fourth-order valence-electron chi connectivity index (χ4n) is 3.74. The zero-order valence-corrected chi connectivity index (χ0v) is 17.1. The first-order valence-electron chi connectivity index (χ1n) is 9.78. The molecule has 144 valence electrons. The van der Waals surface area contributed by atoms with Gasteiger partial charge in [0.05, 0.1) is 23.6 Å². The van der Waals surface area contributed by atoms with Crippen LogP contribution in [-0.2, 0) is 4.79 Å². The summed E-state index contributed by atoms with van der Waals surface area (Å²) in [5.41, 5.74) is 4.93. The lowest BCUT2D eigenvalue weighted by Gasteiger charge is -2.26. The standard InChI is InChI=1S/C25H22N2OS/c1-17(27-25(28)23-13-14-29-24-8-3-2-7-22(23)24)19-9-11-20(12-10-19)21-6-4-5-18(15-21)16-26/h2-12,15,17,23H,13-14H2,1H3,(H,27,28). The molecule has 2 atom stereocenters. The van der Waals surface area contributed by atoms with Gasteiger partial charge in [-0.3, -0.25) is 4.79 Å². The third-order valence-electron chi connectivity index (χ3n) is 5.37. The Morgan fingerprint density at radius 1 is 1.07 bits per heavy atom. The van der Waals surface area contributed by atoms with Crippen LogP contribution in [0.1, 0.15) is 42.0 Å².